The van der Waals surface area contributed by atoms with Gasteiger partial charge in [0, 0.05) is 17.7 Å². The number of rotatable bonds is 4. The lowest BCUT2D eigenvalue weighted by molar-refractivity contribution is 0.639. The monoisotopic (exact) mass is 257 g/mol. The zero-order valence-electron chi connectivity index (χ0n) is 10.1. The zero-order chi connectivity index (χ0) is 11.5. The van der Waals surface area contributed by atoms with Gasteiger partial charge in [0.05, 0.1) is 0 Å². The fourth-order valence-corrected chi connectivity index (χ4v) is 4.04. The lowest BCUT2D eigenvalue weighted by Crippen LogP contribution is -2.24. The molecule has 0 bridgehead atoms. The number of thioether (sulfide) groups is 1. The number of anilines is 1. The molecule has 1 saturated heterocycles. The Balaban J connectivity index is 1.92. The van der Waals surface area contributed by atoms with Gasteiger partial charge in [-0.1, -0.05) is 32.1 Å². The van der Waals surface area contributed by atoms with Crippen LogP contribution in [0.1, 0.15) is 32.2 Å². The summed E-state index contributed by atoms with van der Waals surface area (Å²) in [7, 11) is 0. The maximum absolute atomic E-state index is 4.22. The predicted molar refractivity (Wildman–Crippen MR) is 72.4 cm³/mol. The average molecular weight is 257 g/mol. The highest BCUT2D eigenvalue weighted by molar-refractivity contribution is 8.00. The van der Waals surface area contributed by atoms with Crippen molar-refractivity contribution in [2.45, 2.75) is 44.9 Å². The fourth-order valence-electron chi connectivity index (χ4n) is 1.82. The van der Waals surface area contributed by atoms with E-state index in [2.05, 4.69) is 36.3 Å². The minimum atomic E-state index is 0.574. The van der Waals surface area contributed by atoms with E-state index in [0.29, 0.717) is 17.2 Å². The summed E-state index contributed by atoms with van der Waals surface area (Å²) in [5.41, 5.74) is 0. The lowest BCUT2D eigenvalue weighted by atomic mass is 10.1. The van der Waals surface area contributed by atoms with Crippen molar-refractivity contribution < 1.29 is 0 Å². The van der Waals surface area contributed by atoms with Crippen LogP contribution in [0.2, 0.25) is 0 Å². The van der Waals surface area contributed by atoms with Crippen molar-refractivity contribution >= 4 is 28.2 Å². The molecule has 0 spiro atoms. The first-order valence-corrected chi connectivity index (χ1v) is 7.72. The van der Waals surface area contributed by atoms with Crippen LogP contribution in [-0.2, 0) is 6.42 Å². The molecule has 0 amide bonds. The van der Waals surface area contributed by atoms with Gasteiger partial charge in [0.1, 0.15) is 5.01 Å². The molecule has 1 fully saturated rings. The summed E-state index contributed by atoms with van der Waals surface area (Å²) in [6, 6.07) is 0.574. The predicted octanol–water partition coefficient (Wildman–Crippen LogP) is 3.04. The van der Waals surface area contributed by atoms with Crippen molar-refractivity contribution in [3.05, 3.63) is 5.01 Å². The van der Waals surface area contributed by atoms with Gasteiger partial charge >= 0.3 is 0 Å². The molecule has 90 valence electrons. The highest BCUT2D eigenvalue weighted by Gasteiger charge is 2.24. The molecule has 1 aromatic rings. The molecule has 0 saturated carbocycles. The molecule has 0 radical (unpaired) electrons. The molecule has 1 aromatic heterocycles. The number of hydrogen-bond acceptors (Lipinski definition) is 5. The second-order valence-corrected chi connectivity index (χ2v) is 7.26. The van der Waals surface area contributed by atoms with Crippen LogP contribution >= 0.6 is 23.1 Å². The Kier molecular flexibility index (Phi) is 4.08. The molecule has 16 heavy (non-hydrogen) atoms. The van der Waals surface area contributed by atoms with E-state index in [0.717, 1.165) is 16.6 Å². The van der Waals surface area contributed by atoms with Crippen LogP contribution < -0.4 is 5.32 Å². The van der Waals surface area contributed by atoms with Crippen LogP contribution in [0.15, 0.2) is 0 Å². The van der Waals surface area contributed by atoms with Crippen molar-refractivity contribution in [3.8, 4) is 0 Å². The van der Waals surface area contributed by atoms with Crippen molar-refractivity contribution in [2.24, 2.45) is 5.92 Å². The smallest absolute Gasteiger partial charge is 0.205 e. The van der Waals surface area contributed by atoms with Gasteiger partial charge in [-0.25, -0.2) is 0 Å². The quantitative estimate of drug-likeness (QED) is 0.899. The third-order valence-corrected chi connectivity index (χ3v) is 4.94. The molecular weight excluding hydrogens is 238 g/mol. The second-order valence-electron chi connectivity index (χ2n) is 4.71. The number of nitrogens with zero attached hydrogens (tertiary/aromatic N) is 2. The van der Waals surface area contributed by atoms with Gasteiger partial charge in [-0.05, 0) is 18.1 Å². The number of nitrogens with one attached hydrogen (secondary N) is 1. The zero-order valence-corrected chi connectivity index (χ0v) is 11.7. The molecule has 1 aliphatic heterocycles. The van der Waals surface area contributed by atoms with Crippen molar-refractivity contribution in [1.29, 1.82) is 0 Å². The van der Waals surface area contributed by atoms with Crippen LogP contribution in [0, 0.1) is 5.92 Å². The lowest BCUT2D eigenvalue weighted by Gasteiger charge is -2.14. The molecule has 2 atom stereocenters. The largest absolute Gasteiger partial charge is 0.356 e. The molecule has 1 aliphatic rings. The van der Waals surface area contributed by atoms with E-state index in [4.69, 9.17) is 0 Å². The summed E-state index contributed by atoms with van der Waals surface area (Å²) in [5, 5.41) is 14.8. The van der Waals surface area contributed by atoms with Crippen molar-refractivity contribution in [1.82, 2.24) is 10.2 Å². The Morgan fingerprint density at radius 2 is 2.25 bits per heavy atom. The van der Waals surface area contributed by atoms with E-state index in [-0.39, 0.29) is 0 Å². The van der Waals surface area contributed by atoms with E-state index in [9.17, 15) is 0 Å². The molecule has 0 aromatic carbocycles. The first kappa shape index (κ1) is 12.2. The van der Waals surface area contributed by atoms with E-state index < -0.39 is 0 Å². The summed E-state index contributed by atoms with van der Waals surface area (Å²) in [4.78, 5) is 0. The molecule has 1 N–H and O–H groups in total. The highest BCUT2D eigenvalue weighted by Crippen LogP contribution is 2.29. The van der Waals surface area contributed by atoms with E-state index >= 15 is 0 Å². The summed E-state index contributed by atoms with van der Waals surface area (Å²) in [6.45, 7) is 6.71. The van der Waals surface area contributed by atoms with Crippen LogP contribution in [0.4, 0.5) is 5.13 Å². The summed E-state index contributed by atoms with van der Waals surface area (Å²) < 4.78 is 0. The maximum Gasteiger partial charge on any atom is 0.205 e. The molecule has 2 unspecified atom stereocenters. The second kappa shape index (κ2) is 5.36. The topological polar surface area (TPSA) is 37.8 Å². The SMILES string of the molecule is CC(C)Cc1nnc(NC2CCSC2C)s1. The molecule has 3 nitrogen and oxygen atoms in total. The van der Waals surface area contributed by atoms with Gasteiger partial charge in [-0.15, -0.1) is 10.2 Å². The Hall–Kier alpha value is -0.290. The van der Waals surface area contributed by atoms with Gasteiger partial charge in [-0.3, -0.25) is 0 Å². The van der Waals surface area contributed by atoms with Crippen molar-refractivity contribution in [3.63, 3.8) is 0 Å². The van der Waals surface area contributed by atoms with Crippen LogP contribution in [-0.4, -0.2) is 27.2 Å². The van der Waals surface area contributed by atoms with Gasteiger partial charge in [-0.2, -0.15) is 11.8 Å². The highest BCUT2D eigenvalue weighted by atomic mass is 32.2. The van der Waals surface area contributed by atoms with Crippen molar-refractivity contribution in [2.75, 3.05) is 11.1 Å². The minimum Gasteiger partial charge on any atom is -0.356 e. The number of aromatic nitrogens is 2. The average Bonchev–Trinajstić information content (AvgIpc) is 2.77. The molecule has 2 rings (SSSR count). The molecule has 0 aliphatic carbocycles. The summed E-state index contributed by atoms with van der Waals surface area (Å²) >= 11 is 3.74. The van der Waals surface area contributed by atoms with Gasteiger partial charge in [0.2, 0.25) is 5.13 Å². The van der Waals surface area contributed by atoms with Crippen LogP contribution in [0.5, 0.6) is 0 Å². The van der Waals surface area contributed by atoms with Gasteiger partial charge in [0.15, 0.2) is 0 Å². The minimum absolute atomic E-state index is 0.574. The third-order valence-electron chi connectivity index (χ3n) is 2.73. The Bertz CT molecular complexity index is 338. The standard InChI is InChI=1S/C11H19N3S2/c1-7(2)6-10-13-14-11(16-10)12-9-4-5-15-8(9)3/h7-9H,4-6H2,1-3H3,(H,12,14). The first-order valence-electron chi connectivity index (χ1n) is 5.85. The molecule has 2 heterocycles. The summed E-state index contributed by atoms with van der Waals surface area (Å²) in [6.07, 6.45) is 2.28. The summed E-state index contributed by atoms with van der Waals surface area (Å²) in [5.74, 6) is 1.91. The van der Waals surface area contributed by atoms with Crippen LogP contribution in [0.3, 0.4) is 0 Å². The maximum atomic E-state index is 4.22. The van der Waals surface area contributed by atoms with Crippen LogP contribution in [0.25, 0.3) is 0 Å². The third kappa shape index (κ3) is 3.10. The molecule has 5 heteroatoms. The first-order chi connectivity index (χ1) is 7.65. The van der Waals surface area contributed by atoms with E-state index in [1.165, 1.54) is 12.2 Å². The van der Waals surface area contributed by atoms with Gasteiger partial charge in [0.25, 0.3) is 0 Å². The number of hydrogen-bond donors (Lipinski definition) is 1. The van der Waals surface area contributed by atoms with E-state index in [1.54, 1.807) is 11.3 Å². The Labute approximate surface area is 105 Å². The fraction of sp³-hybridized carbons (Fsp3) is 0.818. The Morgan fingerprint density at radius 1 is 1.44 bits per heavy atom. The van der Waals surface area contributed by atoms with E-state index in [1.807, 2.05) is 11.8 Å². The Morgan fingerprint density at radius 3 is 2.88 bits per heavy atom. The van der Waals surface area contributed by atoms with Gasteiger partial charge < -0.3 is 5.32 Å². The molecular formula is C11H19N3S2. The normalized spacial score (nSPS) is 25.2.